The lowest BCUT2D eigenvalue weighted by Crippen LogP contribution is -2.07. The van der Waals surface area contributed by atoms with Gasteiger partial charge in [0.1, 0.15) is 0 Å². The lowest BCUT2D eigenvalue weighted by atomic mass is 10.3. The fourth-order valence-corrected chi connectivity index (χ4v) is 0.253. The van der Waals surface area contributed by atoms with Crippen LogP contribution in [0.15, 0.2) is 0 Å². The Morgan fingerprint density at radius 2 is 2.00 bits per heavy atom. The third kappa shape index (κ3) is 25.5. The van der Waals surface area contributed by atoms with Gasteiger partial charge in [-0.1, -0.05) is 0 Å². The number of aliphatic carboxylic acids is 1. The van der Waals surface area contributed by atoms with E-state index in [0.717, 1.165) is 0 Å². The second kappa shape index (κ2) is 8.62. The maximum absolute atomic E-state index is 9.65. The summed E-state index contributed by atoms with van der Waals surface area (Å²) in [6.45, 7) is 1.44. The van der Waals surface area contributed by atoms with Crippen molar-refractivity contribution in [2.24, 2.45) is 0 Å². The summed E-state index contributed by atoms with van der Waals surface area (Å²) < 4.78 is 8.57. The van der Waals surface area contributed by atoms with Gasteiger partial charge in [-0.15, -0.1) is 0 Å². The number of aliphatic hydroxyl groups is 1. The van der Waals surface area contributed by atoms with Crippen LogP contribution in [-0.4, -0.2) is 27.2 Å². The molecule has 3 N–H and O–H groups in total. The van der Waals surface area contributed by atoms with E-state index in [9.17, 15) is 4.79 Å². The molecule has 0 aromatic rings. The molecule has 0 aromatic carbocycles. The maximum atomic E-state index is 9.65. The Labute approximate surface area is 59.6 Å². The molecule has 0 bridgehead atoms. The van der Waals surface area contributed by atoms with Gasteiger partial charge in [0.25, 0.3) is 0 Å². The zero-order chi connectivity index (χ0) is 8.57. The summed E-state index contributed by atoms with van der Waals surface area (Å²) in [5.41, 5.74) is 0. The normalized spacial score (nSPS) is 12.3. The van der Waals surface area contributed by atoms with Crippen molar-refractivity contribution in [1.29, 1.82) is 0 Å². The molecule has 6 heteroatoms. The minimum absolute atomic E-state index is 0.167. The van der Waals surface area contributed by atoms with Crippen molar-refractivity contribution >= 4 is 14.7 Å². The topological polar surface area (TPSA) is 94.8 Å². The number of aliphatic hydroxyl groups excluding tert-OH is 1. The van der Waals surface area contributed by atoms with Gasteiger partial charge in [0.15, 0.2) is 8.69 Å². The molecule has 0 heterocycles. The molecule has 0 saturated carbocycles. The summed E-state index contributed by atoms with van der Waals surface area (Å²) in [5, 5.41) is 16.3. The predicted octanol–water partition coefficient (Wildman–Crippen LogP) is -0.508. The highest BCUT2D eigenvalue weighted by atomic mass is 31.1. The van der Waals surface area contributed by atoms with Gasteiger partial charge in [-0.25, -0.2) is 0 Å². The average Bonchev–Trinajstić information content (AvgIpc) is 1.62. The van der Waals surface area contributed by atoms with Crippen molar-refractivity contribution in [3.05, 3.63) is 0 Å². The molecular weight excluding hydrogens is 159 g/mol. The Morgan fingerprint density at radius 1 is 1.70 bits per heavy atom. The summed E-state index contributed by atoms with van der Waals surface area (Å²) in [6, 6.07) is 0. The first-order chi connectivity index (χ1) is 4.54. The standard InChI is InChI=1S/C4H8O3.H3O2P/c1-3(5)2-4(6)7;1-3-2/h3,5H,2H2,1H3,(H,6,7);3H2,(H,1,2). The molecule has 2 unspecified atom stereocenters. The first-order valence-electron chi connectivity index (χ1n) is 2.52. The van der Waals surface area contributed by atoms with Crippen LogP contribution < -0.4 is 0 Å². The van der Waals surface area contributed by atoms with Crippen LogP contribution in [0.5, 0.6) is 0 Å². The highest BCUT2D eigenvalue weighted by Crippen LogP contribution is 1.85. The van der Waals surface area contributed by atoms with Crippen LogP contribution in [0.25, 0.3) is 0 Å². The van der Waals surface area contributed by atoms with Crippen LogP contribution in [-0.2, 0) is 9.36 Å². The number of carbonyl (C=O) groups is 1. The number of hydrogen-bond acceptors (Lipinski definition) is 3. The molecule has 10 heavy (non-hydrogen) atoms. The molecule has 0 radical (unpaired) electrons. The Morgan fingerprint density at radius 3 is 2.00 bits per heavy atom. The van der Waals surface area contributed by atoms with Crippen molar-refractivity contribution in [3.63, 3.8) is 0 Å². The van der Waals surface area contributed by atoms with Crippen molar-refractivity contribution in [2.45, 2.75) is 19.4 Å². The molecule has 2 atom stereocenters. The second-order valence-corrected chi connectivity index (χ2v) is 1.76. The number of hydrogen-bond donors (Lipinski definition) is 3. The van der Waals surface area contributed by atoms with Crippen LogP contribution in [0.4, 0.5) is 0 Å². The summed E-state index contributed by atoms with van der Waals surface area (Å²) >= 11 is 0. The number of rotatable bonds is 2. The lowest BCUT2D eigenvalue weighted by molar-refractivity contribution is -0.138. The minimum atomic E-state index is -1.50. The van der Waals surface area contributed by atoms with E-state index in [0.29, 0.717) is 0 Å². The van der Waals surface area contributed by atoms with Crippen molar-refractivity contribution in [3.8, 4) is 0 Å². The fourth-order valence-electron chi connectivity index (χ4n) is 0.253. The minimum Gasteiger partial charge on any atom is -0.481 e. The predicted molar refractivity (Wildman–Crippen MR) is 36.5 cm³/mol. The van der Waals surface area contributed by atoms with Gasteiger partial charge in [-0.05, 0) is 6.92 Å². The van der Waals surface area contributed by atoms with Gasteiger partial charge < -0.3 is 15.1 Å². The summed E-state index contributed by atoms with van der Waals surface area (Å²) in [4.78, 5) is 16.7. The molecule has 0 saturated heterocycles. The van der Waals surface area contributed by atoms with E-state index >= 15 is 0 Å². The van der Waals surface area contributed by atoms with E-state index in [4.69, 9.17) is 19.7 Å². The van der Waals surface area contributed by atoms with Gasteiger partial charge in [0, 0.05) is 0 Å². The maximum Gasteiger partial charge on any atom is 0.305 e. The van der Waals surface area contributed by atoms with E-state index in [1.165, 1.54) is 6.92 Å². The van der Waals surface area contributed by atoms with E-state index in [2.05, 4.69) is 0 Å². The van der Waals surface area contributed by atoms with E-state index < -0.39 is 20.8 Å². The first-order valence-corrected chi connectivity index (χ1v) is 3.51. The summed E-state index contributed by atoms with van der Waals surface area (Å²) in [6.07, 6.45) is -0.891. The molecule has 0 aliphatic carbocycles. The SMILES string of the molecule is CC(O)CC(=O)O.O=[PH2]O. The van der Waals surface area contributed by atoms with Crippen LogP contribution >= 0.6 is 8.69 Å². The molecule has 0 aromatic heterocycles. The van der Waals surface area contributed by atoms with Gasteiger partial charge in [-0.3, -0.25) is 9.36 Å². The van der Waals surface area contributed by atoms with E-state index in [1.54, 1.807) is 0 Å². The highest BCUT2D eigenvalue weighted by Gasteiger charge is 2.00. The average molecular weight is 170 g/mol. The summed E-state index contributed by atoms with van der Waals surface area (Å²) in [7, 11) is -1.50. The molecule has 62 valence electrons. The Hall–Kier alpha value is -0.380. The number of carboxylic acids is 1. The third-order valence-electron chi connectivity index (χ3n) is 0.470. The van der Waals surface area contributed by atoms with E-state index in [1.807, 2.05) is 0 Å². The van der Waals surface area contributed by atoms with Gasteiger partial charge in [0.2, 0.25) is 0 Å². The second-order valence-electron chi connectivity index (χ2n) is 1.55. The number of carboxylic acid groups (broad SMARTS) is 1. The molecule has 0 aliphatic rings. The summed E-state index contributed by atoms with van der Waals surface area (Å²) in [5.74, 6) is -0.963. The van der Waals surface area contributed by atoms with Crippen molar-refractivity contribution in [1.82, 2.24) is 0 Å². The van der Waals surface area contributed by atoms with Gasteiger partial charge in [0.05, 0.1) is 12.5 Å². The van der Waals surface area contributed by atoms with Crippen LogP contribution in [0.3, 0.4) is 0 Å². The zero-order valence-corrected chi connectivity index (χ0v) is 6.67. The van der Waals surface area contributed by atoms with Crippen LogP contribution in [0.1, 0.15) is 13.3 Å². The van der Waals surface area contributed by atoms with Crippen molar-refractivity contribution < 1.29 is 24.5 Å². The van der Waals surface area contributed by atoms with Gasteiger partial charge >= 0.3 is 5.97 Å². The first kappa shape index (κ1) is 12.3. The lowest BCUT2D eigenvalue weighted by Gasteiger charge is -1.94. The van der Waals surface area contributed by atoms with Crippen LogP contribution in [0.2, 0.25) is 0 Å². The highest BCUT2D eigenvalue weighted by molar-refractivity contribution is 7.16. The molecule has 5 nitrogen and oxygen atoms in total. The third-order valence-corrected chi connectivity index (χ3v) is 0.470. The Bertz CT molecular complexity index is 102. The van der Waals surface area contributed by atoms with Gasteiger partial charge in [-0.2, -0.15) is 0 Å². The smallest absolute Gasteiger partial charge is 0.305 e. The molecule has 0 fully saturated rings. The molecular formula is C4H11O5P. The quantitative estimate of drug-likeness (QED) is 0.485. The monoisotopic (exact) mass is 170 g/mol. The largest absolute Gasteiger partial charge is 0.481 e. The van der Waals surface area contributed by atoms with E-state index in [-0.39, 0.29) is 6.42 Å². The molecule has 0 spiro atoms. The Balaban J connectivity index is 0. The van der Waals surface area contributed by atoms with Crippen molar-refractivity contribution in [2.75, 3.05) is 0 Å². The fraction of sp³-hybridized carbons (Fsp3) is 0.750. The molecule has 0 aliphatic heterocycles. The Kier molecular flexibility index (Phi) is 10.6. The molecule has 0 rings (SSSR count). The zero-order valence-electron chi connectivity index (χ0n) is 5.52. The molecule has 0 amide bonds. The van der Waals surface area contributed by atoms with Crippen LogP contribution in [0, 0.1) is 0 Å².